The zero-order valence-electron chi connectivity index (χ0n) is 11.5. The molecular formula is C14H14N2O4S. The molecule has 2 rings (SSSR count). The molecule has 110 valence electrons. The van der Waals surface area contributed by atoms with Crippen LogP contribution in [0.3, 0.4) is 0 Å². The molecule has 0 saturated carbocycles. The molecule has 0 atom stereocenters. The molecular weight excluding hydrogens is 292 g/mol. The van der Waals surface area contributed by atoms with Gasteiger partial charge in [-0.3, -0.25) is 10.1 Å². The molecule has 0 aliphatic heterocycles. The second-order valence-electron chi connectivity index (χ2n) is 4.60. The lowest BCUT2D eigenvalue weighted by atomic mass is 10.1. The Labute approximate surface area is 125 Å². The molecule has 6 nitrogen and oxygen atoms in total. The summed E-state index contributed by atoms with van der Waals surface area (Å²) in [5, 5.41) is 22.9. The number of aromatic carboxylic acids is 1. The monoisotopic (exact) mass is 306 g/mol. The van der Waals surface area contributed by atoms with Crippen LogP contribution < -0.4 is 5.32 Å². The largest absolute Gasteiger partial charge is 0.478 e. The average molecular weight is 306 g/mol. The fourth-order valence-corrected chi connectivity index (χ4v) is 2.89. The lowest BCUT2D eigenvalue weighted by Crippen LogP contribution is -2.06. The predicted octanol–water partition coefficient (Wildman–Crippen LogP) is 3.58. The van der Waals surface area contributed by atoms with Gasteiger partial charge in [0.1, 0.15) is 0 Å². The van der Waals surface area contributed by atoms with Crippen LogP contribution in [0, 0.1) is 24.0 Å². The lowest BCUT2D eigenvalue weighted by molar-refractivity contribution is -0.384. The van der Waals surface area contributed by atoms with Gasteiger partial charge in [-0.2, -0.15) is 0 Å². The van der Waals surface area contributed by atoms with Crippen LogP contribution in [0.4, 0.5) is 11.4 Å². The minimum absolute atomic E-state index is 0.103. The van der Waals surface area contributed by atoms with Gasteiger partial charge in [0.05, 0.1) is 10.5 Å². The van der Waals surface area contributed by atoms with Crippen molar-refractivity contribution in [3.63, 3.8) is 0 Å². The number of non-ortho nitro benzene ring substituents is 1. The van der Waals surface area contributed by atoms with Crippen molar-refractivity contribution in [2.24, 2.45) is 0 Å². The maximum Gasteiger partial charge on any atom is 0.338 e. The standard InChI is InChI=1S/C14H14N2O4S/c1-8-5-11(21-9(8)2)7-15-13-4-3-10(16(19)20)6-12(13)14(17)18/h3-6,15H,7H2,1-2H3,(H,17,18). The molecule has 0 aliphatic carbocycles. The Bertz CT molecular complexity index is 689. The highest BCUT2D eigenvalue weighted by Crippen LogP contribution is 2.25. The summed E-state index contributed by atoms with van der Waals surface area (Å²) < 4.78 is 0. The second kappa shape index (κ2) is 5.92. The Balaban J connectivity index is 2.23. The van der Waals surface area contributed by atoms with Crippen molar-refractivity contribution in [1.29, 1.82) is 0 Å². The van der Waals surface area contributed by atoms with Gasteiger partial charge >= 0.3 is 5.97 Å². The van der Waals surface area contributed by atoms with Crippen LogP contribution in [0.5, 0.6) is 0 Å². The number of carboxylic acid groups (broad SMARTS) is 1. The number of aryl methyl sites for hydroxylation is 2. The number of nitrogens with one attached hydrogen (secondary N) is 1. The summed E-state index contributed by atoms with van der Waals surface area (Å²) in [6.45, 7) is 4.53. The van der Waals surface area contributed by atoms with E-state index in [1.807, 2.05) is 19.9 Å². The highest BCUT2D eigenvalue weighted by atomic mass is 32.1. The minimum Gasteiger partial charge on any atom is -0.478 e. The first kappa shape index (κ1) is 15.0. The van der Waals surface area contributed by atoms with Gasteiger partial charge < -0.3 is 10.4 Å². The van der Waals surface area contributed by atoms with E-state index in [0.717, 1.165) is 10.9 Å². The number of nitro groups is 1. The van der Waals surface area contributed by atoms with Crippen molar-refractivity contribution in [3.05, 3.63) is 55.3 Å². The summed E-state index contributed by atoms with van der Waals surface area (Å²) in [4.78, 5) is 23.6. The number of nitrogens with zero attached hydrogens (tertiary/aromatic N) is 1. The van der Waals surface area contributed by atoms with Crippen molar-refractivity contribution in [3.8, 4) is 0 Å². The topological polar surface area (TPSA) is 92.5 Å². The molecule has 0 fully saturated rings. The van der Waals surface area contributed by atoms with Gasteiger partial charge in [-0.1, -0.05) is 0 Å². The third-order valence-electron chi connectivity index (χ3n) is 3.11. The SMILES string of the molecule is Cc1cc(CNc2ccc([N+](=O)[O-])cc2C(=O)O)sc1C. The third-order valence-corrected chi connectivity index (χ3v) is 4.27. The maximum absolute atomic E-state index is 11.2. The quantitative estimate of drug-likeness (QED) is 0.650. The molecule has 1 aromatic heterocycles. The highest BCUT2D eigenvalue weighted by Gasteiger charge is 2.16. The first-order valence-corrected chi connectivity index (χ1v) is 7.01. The molecule has 1 heterocycles. The highest BCUT2D eigenvalue weighted by molar-refractivity contribution is 7.12. The van der Waals surface area contributed by atoms with E-state index < -0.39 is 10.9 Å². The summed E-state index contributed by atoms with van der Waals surface area (Å²) in [7, 11) is 0. The number of benzene rings is 1. The van der Waals surface area contributed by atoms with Gasteiger partial charge in [0.2, 0.25) is 0 Å². The van der Waals surface area contributed by atoms with E-state index in [9.17, 15) is 14.9 Å². The van der Waals surface area contributed by atoms with Crippen LogP contribution in [0.25, 0.3) is 0 Å². The van der Waals surface area contributed by atoms with E-state index in [1.54, 1.807) is 11.3 Å². The summed E-state index contributed by atoms with van der Waals surface area (Å²) >= 11 is 1.64. The molecule has 0 spiro atoms. The van der Waals surface area contributed by atoms with Gasteiger partial charge in [0, 0.05) is 34.1 Å². The molecule has 2 N–H and O–H groups in total. The fraction of sp³-hybridized carbons (Fsp3) is 0.214. The molecule has 21 heavy (non-hydrogen) atoms. The minimum atomic E-state index is -1.19. The summed E-state index contributed by atoms with van der Waals surface area (Å²) in [6, 6.07) is 5.82. The van der Waals surface area contributed by atoms with Crippen molar-refractivity contribution in [2.75, 3.05) is 5.32 Å². The number of hydrogen-bond acceptors (Lipinski definition) is 5. The Morgan fingerprint density at radius 2 is 2.10 bits per heavy atom. The average Bonchev–Trinajstić information content (AvgIpc) is 2.75. The van der Waals surface area contributed by atoms with Crippen molar-refractivity contribution >= 4 is 28.7 Å². The van der Waals surface area contributed by atoms with Crippen molar-refractivity contribution in [1.82, 2.24) is 0 Å². The summed E-state index contributed by atoms with van der Waals surface area (Å²) in [5.74, 6) is -1.19. The number of carbonyl (C=O) groups is 1. The van der Waals surface area contributed by atoms with Gasteiger partial charge in [0.25, 0.3) is 5.69 Å². The van der Waals surface area contributed by atoms with Crippen LogP contribution in [0.15, 0.2) is 24.3 Å². The van der Waals surface area contributed by atoms with E-state index in [2.05, 4.69) is 5.32 Å². The van der Waals surface area contributed by atoms with E-state index in [0.29, 0.717) is 12.2 Å². The summed E-state index contributed by atoms with van der Waals surface area (Å²) in [5.41, 5.74) is 1.23. The first-order valence-electron chi connectivity index (χ1n) is 6.20. The zero-order chi connectivity index (χ0) is 15.6. The fourth-order valence-electron chi connectivity index (χ4n) is 1.90. The van der Waals surface area contributed by atoms with Gasteiger partial charge in [-0.25, -0.2) is 4.79 Å². The van der Waals surface area contributed by atoms with E-state index in [-0.39, 0.29) is 11.3 Å². The number of carboxylic acids is 1. The normalized spacial score (nSPS) is 10.4. The Morgan fingerprint density at radius 1 is 1.38 bits per heavy atom. The number of rotatable bonds is 5. The first-order chi connectivity index (χ1) is 9.88. The maximum atomic E-state index is 11.2. The molecule has 0 aliphatic rings. The number of nitro benzene ring substituents is 1. The molecule has 0 saturated heterocycles. The zero-order valence-corrected chi connectivity index (χ0v) is 12.4. The second-order valence-corrected chi connectivity index (χ2v) is 5.94. The van der Waals surface area contributed by atoms with Crippen LogP contribution in [-0.2, 0) is 6.54 Å². The molecule has 0 unspecified atom stereocenters. The van der Waals surface area contributed by atoms with E-state index in [1.165, 1.54) is 22.6 Å². The van der Waals surface area contributed by atoms with Crippen LogP contribution in [0.1, 0.15) is 25.7 Å². The molecule has 7 heteroatoms. The molecule has 0 amide bonds. The smallest absolute Gasteiger partial charge is 0.338 e. The number of anilines is 1. The van der Waals surface area contributed by atoms with E-state index in [4.69, 9.17) is 5.11 Å². The predicted molar refractivity (Wildman–Crippen MR) is 81.2 cm³/mol. The van der Waals surface area contributed by atoms with Gasteiger partial charge in [-0.15, -0.1) is 11.3 Å². The molecule has 2 aromatic rings. The third kappa shape index (κ3) is 3.38. The summed E-state index contributed by atoms with van der Waals surface area (Å²) in [6.07, 6.45) is 0. The van der Waals surface area contributed by atoms with Gasteiger partial charge in [-0.05, 0) is 31.5 Å². The van der Waals surface area contributed by atoms with Crippen LogP contribution >= 0.6 is 11.3 Å². The molecule has 1 aromatic carbocycles. The van der Waals surface area contributed by atoms with Crippen molar-refractivity contribution < 1.29 is 14.8 Å². The Morgan fingerprint density at radius 3 is 2.62 bits per heavy atom. The lowest BCUT2D eigenvalue weighted by Gasteiger charge is -2.08. The van der Waals surface area contributed by atoms with Gasteiger partial charge in [0.15, 0.2) is 0 Å². The van der Waals surface area contributed by atoms with Crippen LogP contribution in [-0.4, -0.2) is 16.0 Å². The number of hydrogen-bond donors (Lipinski definition) is 2. The van der Waals surface area contributed by atoms with E-state index >= 15 is 0 Å². The Hall–Kier alpha value is -2.41. The van der Waals surface area contributed by atoms with Crippen LogP contribution in [0.2, 0.25) is 0 Å². The Kier molecular flexibility index (Phi) is 4.23. The van der Waals surface area contributed by atoms with Crippen molar-refractivity contribution in [2.45, 2.75) is 20.4 Å². The number of thiophene rings is 1. The molecule has 0 radical (unpaired) electrons. The molecule has 0 bridgehead atoms.